The number of rotatable bonds is 10. The molecule has 1 aromatic carbocycles. The summed E-state index contributed by atoms with van der Waals surface area (Å²) in [5.41, 5.74) is 4.68. The van der Waals surface area contributed by atoms with Crippen LogP contribution >= 0.6 is 0 Å². The number of phenols is 1. The number of ether oxygens (including phenoxy) is 1. The van der Waals surface area contributed by atoms with Crippen LogP contribution in [-0.2, 0) is 11.3 Å². The number of halogens is 1. The number of aryl methyl sites for hydroxylation is 1. The van der Waals surface area contributed by atoms with Crippen molar-refractivity contribution < 1.29 is 19.4 Å². The zero-order valence-corrected chi connectivity index (χ0v) is 18.5. The van der Waals surface area contributed by atoms with Gasteiger partial charge in [-0.2, -0.15) is 0 Å². The molecule has 2 aromatic heterocycles. The highest BCUT2D eigenvalue weighted by atomic mass is 19.1. The standard InChI is InChI=1S/C23H29FN6O3/c1-16(28-32)6-4-2-3-5-9-30-15-25-20-22(29-10-12-33-13-11-29)26-21(27-23(20)30)17-7-8-18(24)19(31)14-17/h7-8,14-15,28,31-32H,1-6,9-13H2. The van der Waals surface area contributed by atoms with E-state index in [9.17, 15) is 9.50 Å². The van der Waals surface area contributed by atoms with E-state index >= 15 is 0 Å². The molecule has 0 radical (unpaired) electrons. The van der Waals surface area contributed by atoms with Crippen LogP contribution in [-0.4, -0.2) is 56.1 Å². The molecule has 3 aromatic rings. The Labute approximate surface area is 191 Å². The summed E-state index contributed by atoms with van der Waals surface area (Å²) < 4.78 is 21.1. The lowest BCUT2D eigenvalue weighted by Crippen LogP contribution is -2.37. The number of allylic oxidation sites excluding steroid dienone is 1. The number of hydrogen-bond acceptors (Lipinski definition) is 8. The predicted octanol–water partition coefficient (Wildman–Crippen LogP) is 3.62. The van der Waals surface area contributed by atoms with Crippen molar-refractivity contribution in [2.24, 2.45) is 0 Å². The van der Waals surface area contributed by atoms with E-state index in [1.807, 2.05) is 4.57 Å². The van der Waals surface area contributed by atoms with Crippen LogP contribution in [0.2, 0.25) is 0 Å². The van der Waals surface area contributed by atoms with Gasteiger partial charge in [0, 0.05) is 30.9 Å². The average Bonchev–Trinajstić information content (AvgIpc) is 3.25. The highest BCUT2D eigenvalue weighted by molar-refractivity contribution is 5.86. The summed E-state index contributed by atoms with van der Waals surface area (Å²) in [6.45, 7) is 7.08. The first-order chi connectivity index (χ1) is 16.1. The maximum Gasteiger partial charge on any atom is 0.166 e. The number of morpholine rings is 1. The average molecular weight is 457 g/mol. The molecule has 1 saturated heterocycles. The van der Waals surface area contributed by atoms with Gasteiger partial charge < -0.3 is 19.3 Å². The van der Waals surface area contributed by atoms with Gasteiger partial charge in [-0.3, -0.25) is 10.7 Å². The Morgan fingerprint density at radius 2 is 1.94 bits per heavy atom. The van der Waals surface area contributed by atoms with E-state index in [4.69, 9.17) is 19.9 Å². The number of hydroxylamine groups is 1. The molecule has 0 atom stereocenters. The molecule has 3 heterocycles. The lowest BCUT2D eigenvalue weighted by Gasteiger charge is -2.28. The molecule has 3 N–H and O–H groups in total. The third-order valence-electron chi connectivity index (χ3n) is 5.75. The SMILES string of the molecule is C=C(CCCCCCn1cnc2c(N3CCOCC3)nc(-c3ccc(F)c(O)c3)nc21)NO. The predicted molar refractivity (Wildman–Crippen MR) is 123 cm³/mol. The maximum atomic E-state index is 13.6. The van der Waals surface area contributed by atoms with E-state index in [0.717, 1.165) is 50.0 Å². The Morgan fingerprint density at radius 3 is 2.70 bits per heavy atom. The van der Waals surface area contributed by atoms with Gasteiger partial charge in [0.05, 0.1) is 19.5 Å². The van der Waals surface area contributed by atoms with Crippen molar-refractivity contribution in [1.29, 1.82) is 0 Å². The minimum atomic E-state index is -0.684. The number of anilines is 1. The molecule has 9 nitrogen and oxygen atoms in total. The molecule has 176 valence electrons. The molecule has 0 spiro atoms. The van der Waals surface area contributed by atoms with E-state index in [-0.39, 0.29) is 0 Å². The Hall–Kier alpha value is -3.24. The Bertz CT molecular complexity index is 1110. The van der Waals surface area contributed by atoms with Crippen LogP contribution in [0.25, 0.3) is 22.6 Å². The van der Waals surface area contributed by atoms with E-state index in [1.165, 1.54) is 12.1 Å². The molecule has 10 heteroatoms. The number of hydrogen-bond donors (Lipinski definition) is 3. The molecule has 1 aliphatic heterocycles. The van der Waals surface area contributed by atoms with Crippen LogP contribution in [0.5, 0.6) is 5.75 Å². The van der Waals surface area contributed by atoms with Gasteiger partial charge in [0.1, 0.15) is 0 Å². The number of nitrogens with zero attached hydrogens (tertiary/aromatic N) is 5. The molecule has 4 rings (SSSR count). The third kappa shape index (κ3) is 5.40. The van der Waals surface area contributed by atoms with Crippen LogP contribution in [0.4, 0.5) is 10.2 Å². The van der Waals surface area contributed by atoms with Crippen LogP contribution in [0, 0.1) is 5.82 Å². The Kier molecular flexibility index (Phi) is 7.36. The molecular weight excluding hydrogens is 427 g/mol. The topological polar surface area (TPSA) is 109 Å². The summed E-state index contributed by atoms with van der Waals surface area (Å²) in [5, 5.41) is 18.6. The molecule has 0 aliphatic carbocycles. The Balaban J connectivity index is 1.58. The van der Waals surface area contributed by atoms with E-state index in [2.05, 4.69) is 21.9 Å². The highest BCUT2D eigenvalue weighted by Crippen LogP contribution is 2.29. The van der Waals surface area contributed by atoms with Gasteiger partial charge in [0.15, 0.2) is 34.4 Å². The zero-order valence-electron chi connectivity index (χ0n) is 18.5. The highest BCUT2D eigenvalue weighted by Gasteiger charge is 2.21. The molecule has 0 amide bonds. The van der Waals surface area contributed by atoms with Gasteiger partial charge in [-0.25, -0.2) is 19.3 Å². The number of aromatic nitrogens is 4. The lowest BCUT2D eigenvalue weighted by molar-refractivity contribution is 0.122. The smallest absolute Gasteiger partial charge is 0.166 e. The van der Waals surface area contributed by atoms with Gasteiger partial charge >= 0.3 is 0 Å². The molecular formula is C23H29FN6O3. The first-order valence-electron chi connectivity index (χ1n) is 11.2. The van der Waals surface area contributed by atoms with Crippen molar-refractivity contribution in [2.45, 2.75) is 38.6 Å². The Morgan fingerprint density at radius 1 is 1.15 bits per heavy atom. The summed E-state index contributed by atoms with van der Waals surface area (Å²) >= 11 is 0. The lowest BCUT2D eigenvalue weighted by atomic mass is 10.1. The molecule has 1 aliphatic rings. The number of fused-ring (bicyclic) bond motifs is 1. The van der Waals surface area contributed by atoms with Gasteiger partial charge in [0.2, 0.25) is 0 Å². The van der Waals surface area contributed by atoms with Crippen molar-refractivity contribution in [3.63, 3.8) is 0 Å². The fourth-order valence-corrected chi connectivity index (χ4v) is 3.90. The van der Waals surface area contributed by atoms with Crippen molar-refractivity contribution in [3.05, 3.63) is 42.6 Å². The van der Waals surface area contributed by atoms with Crippen LogP contribution in [0.1, 0.15) is 32.1 Å². The second-order valence-corrected chi connectivity index (χ2v) is 8.13. The maximum absolute atomic E-state index is 13.6. The number of phenolic OH excluding ortho intramolecular Hbond substituents is 1. The van der Waals surface area contributed by atoms with E-state index < -0.39 is 11.6 Å². The summed E-state index contributed by atoms with van der Waals surface area (Å²) in [6.07, 6.45) is 6.49. The van der Waals surface area contributed by atoms with Crippen molar-refractivity contribution >= 4 is 17.0 Å². The molecule has 0 unspecified atom stereocenters. The van der Waals surface area contributed by atoms with E-state index in [1.54, 1.807) is 12.4 Å². The van der Waals surface area contributed by atoms with Gasteiger partial charge in [0.25, 0.3) is 0 Å². The third-order valence-corrected chi connectivity index (χ3v) is 5.75. The number of aromatic hydroxyl groups is 1. The number of nitrogens with one attached hydrogen (secondary N) is 1. The number of unbranched alkanes of at least 4 members (excludes halogenated alkanes) is 3. The first-order valence-corrected chi connectivity index (χ1v) is 11.2. The van der Waals surface area contributed by atoms with Gasteiger partial charge in [-0.1, -0.05) is 19.4 Å². The summed E-state index contributed by atoms with van der Waals surface area (Å²) in [5.74, 6) is 0.0141. The largest absolute Gasteiger partial charge is 0.505 e. The van der Waals surface area contributed by atoms with Crippen molar-refractivity contribution in [3.8, 4) is 17.1 Å². The normalized spacial score (nSPS) is 14.1. The van der Waals surface area contributed by atoms with Crippen LogP contribution in [0.15, 0.2) is 36.8 Å². The first kappa shape index (κ1) is 22.9. The van der Waals surface area contributed by atoms with Crippen LogP contribution in [0.3, 0.4) is 0 Å². The fraction of sp³-hybridized carbons (Fsp3) is 0.435. The molecule has 33 heavy (non-hydrogen) atoms. The number of imidazole rings is 1. The minimum absolute atomic E-state index is 0.413. The second kappa shape index (κ2) is 10.6. The van der Waals surface area contributed by atoms with E-state index in [0.29, 0.717) is 49.0 Å². The second-order valence-electron chi connectivity index (χ2n) is 8.13. The quantitative estimate of drug-likeness (QED) is 0.314. The monoisotopic (exact) mass is 456 g/mol. The summed E-state index contributed by atoms with van der Waals surface area (Å²) in [6, 6.07) is 4.12. The molecule has 0 saturated carbocycles. The zero-order chi connectivity index (χ0) is 23.2. The number of benzene rings is 1. The minimum Gasteiger partial charge on any atom is -0.505 e. The molecule has 0 bridgehead atoms. The summed E-state index contributed by atoms with van der Waals surface area (Å²) in [4.78, 5) is 16.2. The van der Waals surface area contributed by atoms with Crippen LogP contribution < -0.4 is 10.4 Å². The fourth-order valence-electron chi connectivity index (χ4n) is 3.90. The molecule has 1 fully saturated rings. The van der Waals surface area contributed by atoms with Gasteiger partial charge in [-0.05, 0) is 37.5 Å². The summed E-state index contributed by atoms with van der Waals surface area (Å²) in [7, 11) is 0. The van der Waals surface area contributed by atoms with Crippen molar-refractivity contribution in [2.75, 3.05) is 31.2 Å². The van der Waals surface area contributed by atoms with Crippen molar-refractivity contribution in [1.82, 2.24) is 25.0 Å². The van der Waals surface area contributed by atoms with Gasteiger partial charge in [-0.15, -0.1) is 0 Å².